The minimum atomic E-state index is -4.69. The van der Waals surface area contributed by atoms with Crippen LogP contribution in [0.5, 0.6) is 0 Å². The van der Waals surface area contributed by atoms with Gasteiger partial charge in [0.05, 0.1) is 27.8 Å². The first kappa shape index (κ1) is 23.8. The van der Waals surface area contributed by atoms with Crippen LogP contribution in [0, 0.1) is 18.3 Å². The van der Waals surface area contributed by atoms with E-state index >= 15 is 0 Å². The Bertz CT molecular complexity index is 1300. The molecule has 0 atom stereocenters. The number of nitrogens with one attached hydrogen (secondary N) is 1. The number of nitriles is 1. The number of nitrogens with zero attached hydrogens (tertiary/aromatic N) is 2. The first-order chi connectivity index (χ1) is 15.5. The van der Waals surface area contributed by atoms with Crippen LogP contribution in [0.3, 0.4) is 0 Å². The first-order valence-electron chi connectivity index (χ1n) is 9.57. The van der Waals surface area contributed by atoms with E-state index in [9.17, 15) is 26.4 Å². The van der Waals surface area contributed by atoms with Crippen LogP contribution in [0.25, 0.3) is 0 Å². The van der Waals surface area contributed by atoms with E-state index in [1.807, 2.05) is 6.07 Å². The van der Waals surface area contributed by atoms with E-state index in [0.717, 1.165) is 17.7 Å². The highest BCUT2D eigenvalue weighted by atomic mass is 32.2. The number of carbonyl (C=O) groups is 1. The minimum Gasteiger partial charge on any atom is -0.325 e. The van der Waals surface area contributed by atoms with Crippen molar-refractivity contribution in [3.63, 3.8) is 0 Å². The fraction of sp³-hybridized carbons (Fsp3) is 0.130. The van der Waals surface area contributed by atoms with E-state index in [1.165, 1.54) is 42.5 Å². The zero-order valence-corrected chi connectivity index (χ0v) is 18.1. The second-order valence-electron chi connectivity index (χ2n) is 7.11. The minimum absolute atomic E-state index is 0.170. The first-order valence-corrected chi connectivity index (χ1v) is 11.0. The van der Waals surface area contributed by atoms with Crippen molar-refractivity contribution in [2.75, 3.05) is 16.2 Å². The molecule has 3 aromatic rings. The molecule has 33 heavy (non-hydrogen) atoms. The van der Waals surface area contributed by atoms with Gasteiger partial charge in [0.25, 0.3) is 10.0 Å². The highest BCUT2D eigenvalue weighted by Crippen LogP contribution is 2.33. The molecule has 0 aliphatic rings. The summed E-state index contributed by atoms with van der Waals surface area (Å²) in [5.74, 6) is -0.771. The third-order valence-electron chi connectivity index (χ3n) is 4.66. The van der Waals surface area contributed by atoms with Crippen molar-refractivity contribution >= 4 is 27.3 Å². The smallest absolute Gasteiger partial charge is 0.325 e. The molecule has 3 aromatic carbocycles. The number of aryl methyl sites for hydroxylation is 1. The predicted molar refractivity (Wildman–Crippen MR) is 117 cm³/mol. The van der Waals surface area contributed by atoms with E-state index in [2.05, 4.69) is 5.32 Å². The predicted octanol–water partition coefficient (Wildman–Crippen LogP) is 4.72. The van der Waals surface area contributed by atoms with Crippen LogP contribution in [-0.4, -0.2) is 20.9 Å². The summed E-state index contributed by atoms with van der Waals surface area (Å²) in [5, 5.41) is 11.4. The summed E-state index contributed by atoms with van der Waals surface area (Å²) in [6.45, 7) is 0.990. The van der Waals surface area contributed by atoms with Crippen LogP contribution in [0.15, 0.2) is 77.7 Å². The lowest BCUT2D eigenvalue weighted by atomic mass is 10.2. The molecule has 0 unspecified atom stereocenters. The van der Waals surface area contributed by atoms with E-state index in [-0.39, 0.29) is 10.6 Å². The highest BCUT2D eigenvalue weighted by Gasteiger charge is 2.33. The van der Waals surface area contributed by atoms with E-state index in [4.69, 9.17) is 5.26 Å². The molecule has 1 amide bonds. The molecule has 0 bridgehead atoms. The molecule has 0 aliphatic carbocycles. The number of anilines is 2. The standard InChI is InChI=1S/C23H18F3N3O3S/c1-16-5-11-21(12-6-16)33(31,32)29(20-4-2-3-18(13-20)23(24,25)26)15-22(30)28-19-9-7-17(14-27)8-10-19/h2-13H,15H2,1H3,(H,28,30). The van der Waals surface area contributed by atoms with E-state index < -0.39 is 34.2 Å². The van der Waals surface area contributed by atoms with E-state index in [0.29, 0.717) is 21.6 Å². The number of hydrogen-bond donors (Lipinski definition) is 1. The number of hydrogen-bond acceptors (Lipinski definition) is 4. The quantitative estimate of drug-likeness (QED) is 0.561. The number of rotatable bonds is 6. The molecular formula is C23H18F3N3O3S. The SMILES string of the molecule is Cc1ccc(S(=O)(=O)N(CC(=O)Nc2ccc(C#N)cc2)c2cccc(C(F)(F)F)c2)cc1. The maximum absolute atomic E-state index is 13.3. The molecule has 0 radical (unpaired) electrons. The Hall–Kier alpha value is -3.84. The van der Waals surface area contributed by atoms with Crippen LogP contribution in [0.1, 0.15) is 16.7 Å². The Balaban J connectivity index is 1.99. The number of sulfonamides is 1. The Morgan fingerprint density at radius 2 is 1.67 bits per heavy atom. The second kappa shape index (κ2) is 9.34. The summed E-state index contributed by atoms with van der Waals surface area (Å²) in [6.07, 6.45) is -4.69. The highest BCUT2D eigenvalue weighted by molar-refractivity contribution is 7.92. The van der Waals surface area contributed by atoms with Gasteiger partial charge in [0.2, 0.25) is 5.91 Å². The van der Waals surface area contributed by atoms with Gasteiger partial charge in [-0.1, -0.05) is 23.8 Å². The molecule has 0 aliphatic heterocycles. The van der Waals surface area contributed by atoms with Crippen molar-refractivity contribution < 1.29 is 26.4 Å². The average molecular weight is 473 g/mol. The molecule has 0 heterocycles. The Kier molecular flexibility index (Phi) is 6.74. The fourth-order valence-electron chi connectivity index (χ4n) is 2.95. The van der Waals surface area contributed by atoms with Crippen LogP contribution < -0.4 is 9.62 Å². The van der Waals surface area contributed by atoms with Crippen molar-refractivity contribution in [3.8, 4) is 6.07 Å². The molecule has 3 rings (SSSR count). The van der Waals surface area contributed by atoms with Gasteiger partial charge in [-0.2, -0.15) is 18.4 Å². The summed E-state index contributed by atoms with van der Waals surface area (Å²) >= 11 is 0. The fourth-order valence-corrected chi connectivity index (χ4v) is 4.36. The maximum atomic E-state index is 13.3. The molecule has 1 N–H and O–H groups in total. The molecule has 170 valence electrons. The molecule has 0 saturated heterocycles. The summed E-state index contributed by atoms with van der Waals surface area (Å²) in [6, 6.07) is 17.3. The van der Waals surface area contributed by atoms with Gasteiger partial charge >= 0.3 is 6.18 Å². The van der Waals surface area contributed by atoms with Crippen LogP contribution in [-0.2, 0) is 21.0 Å². The lowest BCUT2D eigenvalue weighted by Crippen LogP contribution is -2.38. The van der Waals surface area contributed by atoms with Crippen molar-refractivity contribution in [2.45, 2.75) is 18.0 Å². The Morgan fingerprint density at radius 3 is 2.24 bits per heavy atom. The number of amides is 1. The van der Waals surface area contributed by atoms with Gasteiger partial charge in [0.15, 0.2) is 0 Å². The summed E-state index contributed by atoms with van der Waals surface area (Å²) < 4.78 is 67.0. The molecule has 0 fully saturated rings. The van der Waals surface area contributed by atoms with Crippen molar-refractivity contribution in [1.82, 2.24) is 0 Å². The van der Waals surface area contributed by atoms with Gasteiger partial charge in [-0.25, -0.2) is 8.42 Å². The maximum Gasteiger partial charge on any atom is 0.416 e. The third kappa shape index (κ3) is 5.70. The summed E-state index contributed by atoms with van der Waals surface area (Å²) in [7, 11) is -4.37. The Morgan fingerprint density at radius 1 is 1.03 bits per heavy atom. The lowest BCUT2D eigenvalue weighted by molar-refractivity contribution is -0.137. The number of benzene rings is 3. The van der Waals surface area contributed by atoms with Crippen molar-refractivity contribution in [1.29, 1.82) is 5.26 Å². The topological polar surface area (TPSA) is 90.3 Å². The Labute approximate surface area is 188 Å². The average Bonchev–Trinajstić information content (AvgIpc) is 2.77. The zero-order valence-electron chi connectivity index (χ0n) is 17.3. The van der Waals surface area contributed by atoms with Gasteiger partial charge in [-0.3, -0.25) is 9.10 Å². The monoisotopic (exact) mass is 473 g/mol. The van der Waals surface area contributed by atoms with Crippen LogP contribution in [0.4, 0.5) is 24.5 Å². The number of carbonyl (C=O) groups excluding carboxylic acids is 1. The van der Waals surface area contributed by atoms with Gasteiger partial charge in [0, 0.05) is 5.69 Å². The van der Waals surface area contributed by atoms with Crippen LogP contribution >= 0.6 is 0 Å². The van der Waals surface area contributed by atoms with Gasteiger partial charge in [-0.15, -0.1) is 0 Å². The molecule has 0 aromatic heterocycles. The lowest BCUT2D eigenvalue weighted by Gasteiger charge is -2.25. The molecule has 6 nitrogen and oxygen atoms in total. The van der Waals surface area contributed by atoms with Crippen molar-refractivity contribution in [3.05, 3.63) is 89.5 Å². The number of alkyl halides is 3. The normalized spacial score (nSPS) is 11.5. The molecule has 10 heteroatoms. The summed E-state index contributed by atoms with van der Waals surface area (Å²) in [5.41, 5.74) is 0.103. The van der Waals surface area contributed by atoms with Gasteiger partial charge in [-0.05, 0) is 61.5 Å². The van der Waals surface area contributed by atoms with Crippen LogP contribution in [0.2, 0.25) is 0 Å². The van der Waals surface area contributed by atoms with Gasteiger partial charge in [0.1, 0.15) is 6.54 Å². The van der Waals surface area contributed by atoms with Crippen molar-refractivity contribution in [2.24, 2.45) is 0 Å². The largest absolute Gasteiger partial charge is 0.416 e. The van der Waals surface area contributed by atoms with Gasteiger partial charge < -0.3 is 5.32 Å². The second-order valence-corrected chi connectivity index (χ2v) is 8.97. The summed E-state index contributed by atoms with van der Waals surface area (Å²) in [4.78, 5) is 12.5. The van der Waals surface area contributed by atoms with E-state index in [1.54, 1.807) is 19.1 Å². The zero-order chi connectivity index (χ0) is 24.2. The molecule has 0 saturated carbocycles. The third-order valence-corrected chi connectivity index (χ3v) is 6.44. The number of halogens is 3. The molecule has 0 spiro atoms. The molecular weight excluding hydrogens is 455 g/mol.